The Morgan fingerprint density at radius 1 is 1.24 bits per heavy atom. The van der Waals surface area contributed by atoms with E-state index in [0.717, 1.165) is 4.90 Å². The third kappa shape index (κ3) is 3.84. The van der Waals surface area contributed by atoms with Crippen LogP contribution < -0.4 is 0 Å². The normalized spacial score (nSPS) is 22.7. The maximum absolute atomic E-state index is 13.1. The summed E-state index contributed by atoms with van der Waals surface area (Å²) in [6, 6.07) is 7.31. The van der Waals surface area contributed by atoms with Gasteiger partial charge in [-0.3, -0.25) is 14.5 Å². The van der Waals surface area contributed by atoms with Crippen molar-refractivity contribution in [3.63, 3.8) is 0 Å². The highest BCUT2D eigenvalue weighted by atomic mass is 32.2. The van der Waals surface area contributed by atoms with Gasteiger partial charge in [0.25, 0.3) is 11.8 Å². The van der Waals surface area contributed by atoms with Gasteiger partial charge in [-0.05, 0) is 42.7 Å². The minimum absolute atomic E-state index is 0.104. The number of amides is 2. The van der Waals surface area contributed by atoms with Gasteiger partial charge >= 0.3 is 5.97 Å². The lowest BCUT2D eigenvalue weighted by molar-refractivity contribution is -0.142. The van der Waals surface area contributed by atoms with Crippen LogP contribution >= 0.6 is 0 Å². The molecule has 0 N–H and O–H groups in total. The van der Waals surface area contributed by atoms with E-state index < -0.39 is 33.7 Å². The molecule has 150 valence electrons. The number of hydrogen-bond donors (Lipinski definition) is 0. The lowest BCUT2D eigenvalue weighted by atomic mass is 9.92. The maximum Gasteiger partial charge on any atom is 0.337 e. The Morgan fingerprint density at radius 2 is 1.90 bits per heavy atom. The topological polar surface area (TPSA) is 122 Å². The van der Waals surface area contributed by atoms with Crippen LogP contribution in [0.3, 0.4) is 0 Å². The molecular formula is C20H18N2O6S. The standard InChI is InChI=1S/C20H18N2O6S/c1-12-16(9-13-3-5-14(6-4-13)20(25)28-2)18(23)22(19(24)17(12)10-21)15-7-8-29(26,27)11-15/h3-6,9,15H,7-8,11H2,1-2H3. The van der Waals surface area contributed by atoms with Gasteiger partial charge in [-0.2, -0.15) is 5.26 Å². The van der Waals surface area contributed by atoms with E-state index in [1.54, 1.807) is 12.1 Å². The van der Waals surface area contributed by atoms with E-state index >= 15 is 0 Å². The summed E-state index contributed by atoms with van der Waals surface area (Å²) in [6.07, 6.45) is 1.66. The number of nitrogens with zero attached hydrogens (tertiary/aromatic N) is 2. The van der Waals surface area contributed by atoms with Gasteiger partial charge in [-0.1, -0.05) is 12.1 Å². The predicted molar refractivity (Wildman–Crippen MR) is 103 cm³/mol. The summed E-state index contributed by atoms with van der Waals surface area (Å²) in [5, 5.41) is 9.43. The maximum atomic E-state index is 13.1. The number of esters is 1. The first-order valence-corrected chi connectivity index (χ1v) is 10.6. The summed E-state index contributed by atoms with van der Waals surface area (Å²) in [5.41, 5.74) is 1.09. The number of ether oxygens (including phenoxy) is 1. The van der Waals surface area contributed by atoms with Gasteiger partial charge < -0.3 is 4.74 Å². The van der Waals surface area contributed by atoms with Crippen molar-refractivity contribution >= 4 is 33.7 Å². The Bertz CT molecular complexity index is 1110. The van der Waals surface area contributed by atoms with Gasteiger partial charge in [-0.25, -0.2) is 13.2 Å². The lowest BCUT2D eigenvalue weighted by Gasteiger charge is -2.31. The smallest absolute Gasteiger partial charge is 0.337 e. The van der Waals surface area contributed by atoms with Crippen LogP contribution in [0.15, 0.2) is 41.0 Å². The molecule has 0 saturated carbocycles. The van der Waals surface area contributed by atoms with Crippen LogP contribution in [0.5, 0.6) is 0 Å². The van der Waals surface area contributed by atoms with Crippen molar-refractivity contribution < 1.29 is 27.5 Å². The summed E-state index contributed by atoms with van der Waals surface area (Å²) in [4.78, 5) is 38.2. The zero-order valence-corrected chi connectivity index (χ0v) is 16.7. The fraction of sp³-hybridized carbons (Fsp3) is 0.300. The zero-order chi connectivity index (χ0) is 21.3. The molecule has 0 aromatic heterocycles. The van der Waals surface area contributed by atoms with Gasteiger partial charge in [0, 0.05) is 5.57 Å². The molecule has 1 aromatic rings. The van der Waals surface area contributed by atoms with Crippen molar-refractivity contribution in [1.29, 1.82) is 5.26 Å². The SMILES string of the molecule is COC(=O)c1ccc(C=C2C(=O)N(C3CCS(=O)(=O)C3)C(=O)C(C#N)=C2C)cc1. The van der Waals surface area contributed by atoms with Crippen molar-refractivity contribution in [2.24, 2.45) is 0 Å². The van der Waals surface area contributed by atoms with Crippen molar-refractivity contribution in [3.8, 4) is 6.07 Å². The molecule has 0 radical (unpaired) electrons. The first-order chi connectivity index (χ1) is 13.7. The molecule has 0 aliphatic carbocycles. The van der Waals surface area contributed by atoms with E-state index in [2.05, 4.69) is 4.74 Å². The van der Waals surface area contributed by atoms with E-state index in [1.807, 2.05) is 6.07 Å². The van der Waals surface area contributed by atoms with Crippen molar-refractivity contribution in [1.82, 2.24) is 4.90 Å². The molecule has 2 aliphatic heterocycles. The molecular weight excluding hydrogens is 396 g/mol. The van der Waals surface area contributed by atoms with Gasteiger partial charge in [0.2, 0.25) is 0 Å². The average Bonchev–Trinajstić information content (AvgIpc) is 3.04. The number of sulfone groups is 1. The van der Waals surface area contributed by atoms with Crippen LogP contribution in [-0.4, -0.2) is 55.8 Å². The Labute approximate surface area is 168 Å². The van der Waals surface area contributed by atoms with E-state index in [0.29, 0.717) is 11.1 Å². The van der Waals surface area contributed by atoms with Gasteiger partial charge in [0.15, 0.2) is 9.84 Å². The minimum atomic E-state index is -3.33. The van der Waals surface area contributed by atoms with Crippen LogP contribution in [0, 0.1) is 11.3 Å². The van der Waals surface area contributed by atoms with Crippen LogP contribution in [0.1, 0.15) is 29.3 Å². The number of hydrogen-bond acceptors (Lipinski definition) is 7. The van der Waals surface area contributed by atoms with E-state index in [4.69, 9.17) is 0 Å². The van der Waals surface area contributed by atoms with Crippen molar-refractivity contribution in [3.05, 3.63) is 52.1 Å². The summed E-state index contributed by atoms with van der Waals surface area (Å²) < 4.78 is 28.3. The summed E-state index contributed by atoms with van der Waals surface area (Å²) in [7, 11) is -2.06. The van der Waals surface area contributed by atoms with Gasteiger partial charge in [0.1, 0.15) is 11.6 Å². The minimum Gasteiger partial charge on any atom is -0.465 e. The first-order valence-electron chi connectivity index (χ1n) is 8.78. The highest BCUT2D eigenvalue weighted by Crippen LogP contribution is 2.31. The molecule has 8 nitrogen and oxygen atoms in total. The van der Waals surface area contributed by atoms with E-state index in [9.17, 15) is 28.1 Å². The molecule has 2 amide bonds. The lowest BCUT2D eigenvalue weighted by Crippen LogP contribution is -2.49. The largest absolute Gasteiger partial charge is 0.465 e. The number of rotatable bonds is 3. The van der Waals surface area contributed by atoms with Gasteiger partial charge in [-0.15, -0.1) is 0 Å². The molecule has 9 heteroatoms. The summed E-state index contributed by atoms with van der Waals surface area (Å²) in [5.74, 6) is -2.31. The molecule has 3 rings (SSSR count). The third-order valence-corrected chi connectivity index (χ3v) is 6.74. The average molecular weight is 414 g/mol. The quantitative estimate of drug-likeness (QED) is 0.414. The Hall–Kier alpha value is -3.25. The van der Waals surface area contributed by atoms with Crippen LogP contribution in [0.25, 0.3) is 6.08 Å². The number of nitriles is 1. The Morgan fingerprint density at radius 3 is 2.41 bits per heavy atom. The number of carbonyl (C=O) groups is 3. The molecule has 1 aromatic carbocycles. The van der Waals surface area contributed by atoms with Crippen LogP contribution in [-0.2, 0) is 24.2 Å². The Balaban J connectivity index is 2.03. The summed E-state index contributed by atoms with van der Waals surface area (Å²) in [6.45, 7) is 1.51. The fourth-order valence-corrected chi connectivity index (χ4v) is 5.11. The van der Waals surface area contributed by atoms with Crippen molar-refractivity contribution in [2.75, 3.05) is 18.6 Å². The molecule has 1 atom stereocenters. The molecule has 0 spiro atoms. The predicted octanol–water partition coefficient (Wildman–Crippen LogP) is 1.25. The highest BCUT2D eigenvalue weighted by molar-refractivity contribution is 7.91. The molecule has 1 saturated heterocycles. The van der Waals surface area contributed by atoms with Crippen LogP contribution in [0.4, 0.5) is 0 Å². The molecule has 1 unspecified atom stereocenters. The van der Waals surface area contributed by atoms with E-state index in [-0.39, 0.29) is 34.6 Å². The summed E-state index contributed by atoms with van der Waals surface area (Å²) >= 11 is 0. The fourth-order valence-electron chi connectivity index (χ4n) is 3.41. The second-order valence-electron chi connectivity index (χ2n) is 6.82. The zero-order valence-electron chi connectivity index (χ0n) is 15.8. The molecule has 2 aliphatic rings. The second kappa shape index (κ2) is 7.64. The van der Waals surface area contributed by atoms with Gasteiger partial charge in [0.05, 0.1) is 30.2 Å². The third-order valence-electron chi connectivity index (χ3n) is 4.99. The van der Waals surface area contributed by atoms with E-state index in [1.165, 1.54) is 32.2 Å². The number of imide groups is 1. The monoisotopic (exact) mass is 414 g/mol. The Kier molecular flexibility index (Phi) is 5.40. The molecule has 0 bridgehead atoms. The number of methoxy groups -OCH3 is 1. The van der Waals surface area contributed by atoms with Crippen LogP contribution in [0.2, 0.25) is 0 Å². The highest BCUT2D eigenvalue weighted by Gasteiger charge is 2.43. The molecule has 29 heavy (non-hydrogen) atoms. The molecule has 1 fully saturated rings. The number of benzene rings is 1. The second-order valence-corrected chi connectivity index (χ2v) is 9.05. The number of carbonyl (C=O) groups excluding carboxylic acids is 3. The first kappa shape index (κ1) is 20.5. The molecule has 2 heterocycles. The van der Waals surface area contributed by atoms with Crippen molar-refractivity contribution in [2.45, 2.75) is 19.4 Å².